The molecule has 0 bridgehead atoms. The molecule has 6 rings (SSSR count). The molecular weight excluding hydrogens is 648 g/mol. The van der Waals surface area contributed by atoms with Crippen LogP contribution in [0.15, 0.2) is 152 Å². The average molecular weight is 673 g/mol. The molecule has 0 aromatic heterocycles. The lowest BCUT2D eigenvalue weighted by atomic mass is 10.0. The van der Waals surface area contributed by atoms with E-state index in [1.54, 1.807) is 36.4 Å². The van der Waals surface area contributed by atoms with Gasteiger partial charge in [-0.3, -0.25) is 25.0 Å². The first kappa shape index (κ1) is 32.3. The summed E-state index contributed by atoms with van der Waals surface area (Å²) in [6.45, 7) is 0. The van der Waals surface area contributed by atoms with Crippen molar-refractivity contribution in [1.29, 1.82) is 0 Å². The van der Waals surface area contributed by atoms with E-state index in [2.05, 4.69) is 31.3 Å². The maximum atomic E-state index is 11.9. The summed E-state index contributed by atoms with van der Waals surface area (Å²) in [5.41, 5.74) is 10.1. The maximum absolute atomic E-state index is 11.9. The minimum atomic E-state index is -4.48. The van der Waals surface area contributed by atoms with Gasteiger partial charge in [0, 0.05) is 10.8 Å². The highest BCUT2D eigenvalue weighted by Crippen LogP contribution is 2.35. The number of carbonyl (C=O) groups excluding carboxylic acids is 2. The van der Waals surface area contributed by atoms with Gasteiger partial charge in [-0.2, -0.15) is 23.7 Å². The van der Waals surface area contributed by atoms with Crippen molar-refractivity contribution in [3.05, 3.63) is 127 Å². The third kappa shape index (κ3) is 7.68. The number of fused-ring (bicyclic) bond motifs is 1. The summed E-state index contributed by atoms with van der Waals surface area (Å²) in [4.78, 5) is 33.9. The van der Waals surface area contributed by atoms with E-state index < -0.39 is 21.9 Å². The van der Waals surface area contributed by atoms with E-state index in [0.717, 1.165) is 17.2 Å². The smallest absolute Gasteiger partial charge is 0.339 e. The van der Waals surface area contributed by atoms with E-state index in [0.29, 0.717) is 44.9 Å². The first-order valence-corrected chi connectivity index (χ1v) is 15.9. The van der Waals surface area contributed by atoms with E-state index in [9.17, 15) is 27.4 Å². The Morgan fingerprint density at radius 1 is 0.673 bits per heavy atom. The normalized spacial score (nSPS) is 15.2. The van der Waals surface area contributed by atoms with Crippen molar-refractivity contribution < 1.29 is 32.5 Å². The highest BCUT2D eigenvalue weighted by atomic mass is 32.2. The van der Waals surface area contributed by atoms with Gasteiger partial charge < -0.3 is 5.11 Å². The minimum absolute atomic E-state index is 0.159. The summed E-state index contributed by atoms with van der Waals surface area (Å²) >= 11 is 0. The molecule has 4 aromatic carbocycles. The van der Waals surface area contributed by atoms with Crippen molar-refractivity contribution in [2.45, 2.75) is 4.90 Å². The van der Waals surface area contributed by atoms with Crippen LogP contribution in [0.4, 0.5) is 22.7 Å². The van der Waals surface area contributed by atoms with Crippen LogP contribution >= 0.6 is 0 Å². The average Bonchev–Trinajstić information content (AvgIpc) is 3.10. The second-order valence-electron chi connectivity index (χ2n) is 10.6. The third-order valence-corrected chi connectivity index (χ3v) is 8.12. The fraction of sp³-hybridized carbons (Fsp3) is 0. The monoisotopic (exact) mass is 672 g/mol. The standard InChI is InChI=1S/C35H24N6O7S/c42-27-12-9-25(10-13-27)38-41-33-17-16-32(29-15-14-28(20-30(29)33)49(46,47)48)40-37-24-7-3-22(4-8-24)21-1-5-23(6-2-21)36-39-26-11-18-34(43)31(19-26)35(44)45/h1-20,36,41H,(H,44,45)(H,46,47,48). The predicted octanol–water partition coefficient (Wildman–Crippen LogP) is 6.55. The van der Waals surface area contributed by atoms with Crippen molar-refractivity contribution in [2.75, 3.05) is 10.9 Å². The first-order valence-electron chi connectivity index (χ1n) is 14.4. The molecule has 14 heteroatoms. The van der Waals surface area contributed by atoms with Crippen LogP contribution in [0.3, 0.4) is 0 Å². The van der Waals surface area contributed by atoms with E-state index >= 15 is 0 Å². The van der Waals surface area contributed by atoms with Gasteiger partial charge in [0.15, 0.2) is 11.6 Å². The van der Waals surface area contributed by atoms with Crippen molar-refractivity contribution in [3.63, 3.8) is 0 Å². The van der Waals surface area contributed by atoms with Gasteiger partial charge in [0.05, 0.1) is 39.1 Å². The van der Waals surface area contributed by atoms with Crippen LogP contribution in [-0.4, -0.2) is 47.0 Å². The molecule has 0 atom stereocenters. The second-order valence-corrected chi connectivity index (χ2v) is 12.0. The Hall–Kier alpha value is -6.64. The van der Waals surface area contributed by atoms with Gasteiger partial charge in [0.25, 0.3) is 10.1 Å². The number of azo groups is 1. The van der Waals surface area contributed by atoms with Crippen molar-refractivity contribution in [1.82, 2.24) is 0 Å². The molecule has 0 heterocycles. The number of ketones is 2. The highest BCUT2D eigenvalue weighted by molar-refractivity contribution is 7.85. The number of allylic oxidation sites excluding steroid dienone is 7. The summed E-state index contributed by atoms with van der Waals surface area (Å²) in [5.74, 6) is -2.06. The number of anilines is 2. The number of benzene rings is 4. The van der Waals surface area contributed by atoms with Crippen LogP contribution < -0.4 is 10.9 Å². The summed E-state index contributed by atoms with van der Waals surface area (Å²) in [6.07, 6.45) is 9.62. The minimum Gasteiger partial charge on any atom is -0.478 e. The summed E-state index contributed by atoms with van der Waals surface area (Å²) in [6, 6.07) is 22.2. The zero-order valence-electron chi connectivity index (χ0n) is 25.2. The number of nitrogens with one attached hydrogen (secondary N) is 2. The number of rotatable bonds is 9. The molecule has 242 valence electrons. The van der Waals surface area contributed by atoms with E-state index in [-0.39, 0.29) is 16.3 Å². The van der Waals surface area contributed by atoms with Crippen molar-refractivity contribution >= 4 is 72.6 Å². The number of aliphatic carboxylic acids is 1. The van der Waals surface area contributed by atoms with Gasteiger partial charge in [-0.25, -0.2) is 4.79 Å². The molecule has 0 saturated heterocycles. The van der Waals surface area contributed by atoms with Gasteiger partial charge in [-0.05, 0) is 102 Å². The molecule has 4 N–H and O–H groups in total. The van der Waals surface area contributed by atoms with Gasteiger partial charge >= 0.3 is 5.97 Å². The number of carboxylic acids is 1. The van der Waals surface area contributed by atoms with Crippen LogP contribution in [0.5, 0.6) is 0 Å². The Bertz CT molecular complexity index is 2340. The maximum Gasteiger partial charge on any atom is 0.339 e. The molecule has 0 saturated carbocycles. The molecule has 0 spiro atoms. The Morgan fingerprint density at radius 3 is 2.00 bits per heavy atom. The molecule has 0 aliphatic heterocycles. The van der Waals surface area contributed by atoms with Crippen LogP contribution in [0, 0.1) is 0 Å². The fourth-order valence-electron chi connectivity index (χ4n) is 4.76. The third-order valence-electron chi connectivity index (χ3n) is 7.27. The fourth-order valence-corrected chi connectivity index (χ4v) is 5.26. The molecule has 13 nitrogen and oxygen atoms in total. The second kappa shape index (κ2) is 13.6. The molecule has 0 unspecified atom stereocenters. The van der Waals surface area contributed by atoms with Crippen molar-refractivity contribution in [2.24, 2.45) is 20.4 Å². The molecule has 4 aromatic rings. The number of carboxylic acid groups (broad SMARTS) is 1. The van der Waals surface area contributed by atoms with Gasteiger partial charge in [-0.15, -0.1) is 5.11 Å². The predicted molar refractivity (Wildman–Crippen MR) is 185 cm³/mol. The molecule has 49 heavy (non-hydrogen) atoms. The number of nitrogens with zero attached hydrogens (tertiary/aromatic N) is 4. The van der Waals surface area contributed by atoms with E-state index in [4.69, 9.17) is 5.11 Å². The lowest BCUT2D eigenvalue weighted by Gasteiger charge is -2.10. The number of hydrogen-bond acceptors (Lipinski definition) is 11. The van der Waals surface area contributed by atoms with Crippen molar-refractivity contribution in [3.8, 4) is 11.1 Å². The Labute approximate surface area is 278 Å². The van der Waals surface area contributed by atoms with E-state index in [1.165, 1.54) is 54.7 Å². The Kier molecular flexibility index (Phi) is 8.97. The number of hydrazone groups is 2. The molecule has 0 amide bonds. The quantitative estimate of drug-likeness (QED) is 0.0500. The van der Waals surface area contributed by atoms with Crippen LogP contribution in [0.25, 0.3) is 21.9 Å². The first-order chi connectivity index (χ1) is 23.5. The summed E-state index contributed by atoms with van der Waals surface area (Å²) in [5, 5.41) is 27.3. The molecule has 2 aliphatic rings. The molecule has 0 radical (unpaired) electrons. The Morgan fingerprint density at radius 2 is 1.33 bits per heavy atom. The van der Waals surface area contributed by atoms with Crippen LogP contribution in [0.1, 0.15) is 0 Å². The number of hydrogen-bond donors (Lipinski definition) is 4. The van der Waals surface area contributed by atoms with E-state index in [1.807, 2.05) is 24.3 Å². The van der Waals surface area contributed by atoms with Gasteiger partial charge in [-0.1, -0.05) is 30.3 Å². The molecule has 0 fully saturated rings. The molecule has 2 aliphatic carbocycles. The van der Waals surface area contributed by atoms with Gasteiger partial charge in [0.1, 0.15) is 5.57 Å². The summed E-state index contributed by atoms with van der Waals surface area (Å²) in [7, 11) is -4.48. The SMILES string of the molecule is O=C1C=CC(=NNc2ccc(N=Nc3ccc(-c4ccc(NN=C5C=CC(=O)C(C(=O)O)=C5)cc4)cc3)c3ccc(S(=O)(=O)O)cc23)C=C1. The lowest BCUT2D eigenvalue weighted by molar-refractivity contribution is -0.134. The zero-order chi connectivity index (χ0) is 34.5. The zero-order valence-corrected chi connectivity index (χ0v) is 26.0. The lowest BCUT2D eigenvalue weighted by Crippen LogP contribution is -2.15. The Balaban J connectivity index is 1.18. The van der Waals surface area contributed by atoms with Crippen LogP contribution in [-0.2, 0) is 24.5 Å². The van der Waals surface area contributed by atoms with Gasteiger partial charge in [0.2, 0.25) is 0 Å². The van der Waals surface area contributed by atoms with Crippen LogP contribution in [0.2, 0.25) is 0 Å². The summed E-state index contributed by atoms with van der Waals surface area (Å²) < 4.78 is 33.4. The number of carbonyl (C=O) groups is 3. The molecular formula is C35H24N6O7S. The topological polar surface area (TPSA) is 199 Å². The highest BCUT2D eigenvalue weighted by Gasteiger charge is 2.19. The largest absolute Gasteiger partial charge is 0.478 e.